The van der Waals surface area contributed by atoms with Gasteiger partial charge in [-0.05, 0) is 68.7 Å². The minimum Gasteiger partial charge on any atom is -0.354 e. The summed E-state index contributed by atoms with van der Waals surface area (Å²) in [6.45, 7) is 7.45. The monoisotopic (exact) mass is 555 g/mol. The van der Waals surface area contributed by atoms with E-state index in [2.05, 4.69) is 5.32 Å². The molecule has 0 fully saturated rings. The third-order valence-corrected chi connectivity index (χ3v) is 8.24. The van der Waals surface area contributed by atoms with Gasteiger partial charge in [-0.25, -0.2) is 8.42 Å². The van der Waals surface area contributed by atoms with Crippen molar-refractivity contribution >= 4 is 39.1 Å². The zero-order valence-corrected chi connectivity index (χ0v) is 23.7. The van der Waals surface area contributed by atoms with Gasteiger partial charge >= 0.3 is 0 Å². The molecule has 2 amide bonds. The van der Waals surface area contributed by atoms with Crippen molar-refractivity contribution in [2.45, 2.75) is 51.6 Å². The first kappa shape index (κ1) is 29.2. The third-order valence-electron chi connectivity index (χ3n) is 6.23. The zero-order valence-electron chi connectivity index (χ0n) is 22.1. The first-order valence-electron chi connectivity index (χ1n) is 12.5. The minimum atomic E-state index is -4.11. The molecule has 1 atom stereocenters. The van der Waals surface area contributed by atoms with E-state index in [-0.39, 0.29) is 17.3 Å². The van der Waals surface area contributed by atoms with Crippen LogP contribution in [0.15, 0.2) is 77.7 Å². The van der Waals surface area contributed by atoms with Crippen LogP contribution in [0.5, 0.6) is 0 Å². The van der Waals surface area contributed by atoms with E-state index in [0.29, 0.717) is 22.8 Å². The smallest absolute Gasteiger partial charge is 0.264 e. The highest BCUT2D eigenvalue weighted by Crippen LogP contribution is 2.29. The fourth-order valence-corrected chi connectivity index (χ4v) is 5.73. The van der Waals surface area contributed by atoms with Crippen molar-refractivity contribution in [2.75, 3.05) is 17.4 Å². The molecule has 0 aliphatic carbocycles. The minimum absolute atomic E-state index is 0.0565. The SMILES string of the molecule is CCCNC(=O)[C@@H](C)N(Cc1ccc(C)cc1)C(=O)CN(c1ccc(Cl)cc1C)S(=O)(=O)c1ccccc1. The van der Waals surface area contributed by atoms with E-state index in [4.69, 9.17) is 11.6 Å². The van der Waals surface area contributed by atoms with E-state index in [1.54, 1.807) is 50.2 Å². The van der Waals surface area contributed by atoms with E-state index in [9.17, 15) is 18.0 Å². The number of nitrogens with one attached hydrogen (secondary N) is 1. The topological polar surface area (TPSA) is 86.8 Å². The van der Waals surface area contributed by atoms with Gasteiger partial charge in [0.25, 0.3) is 10.0 Å². The van der Waals surface area contributed by atoms with Gasteiger partial charge in [-0.1, -0.05) is 66.6 Å². The first-order chi connectivity index (χ1) is 18.0. The lowest BCUT2D eigenvalue weighted by Gasteiger charge is -2.32. The molecule has 3 rings (SSSR count). The van der Waals surface area contributed by atoms with Crippen molar-refractivity contribution in [3.05, 3.63) is 94.5 Å². The number of hydrogen-bond acceptors (Lipinski definition) is 4. The largest absolute Gasteiger partial charge is 0.354 e. The molecule has 7 nitrogen and oxygen atoms in total. The summed E-state index contributed by atoms with van der Waals surface area (Å²) >= 11 is 6.14. The Morgan fingerprint density at radius 1 is 0.974 bits per heavy atom. The summed E-state index contributed by atoms with van der Waals surface area (Å²) in [7, 11) is -4.11. The quantitative estimate of drug-likeness (QED) is 0.357. The summed E-state index contributed by atoms with van der Waals surface area (Å²) in [6.07, 6.45) is 0.753. The molecule has 0 aliphatic rings. The molecule has 0 bridgehead atoms. The fraction of sp³-hybridized carbons (Fsp3) is 0.310. The number of amides is 2. The number of hydrogen-bond donors (Lipinski definition) is 1. The van der Waals surface area contributed by atoms with Crippen molar-refractivity contribution in [3.8, 4) is 0 Å². The Morgan fingerprint density at radius 2 is 1.63 bits per heavy atom. The number of carbonyl (C=O) groups excluding carboxylic acids is 2. The van der Waals surface area contributed by atoms with Gasteiger partial charge in [-0.2, -0.15) is 0 Å². The van der Waals surface area contributed by atoms with Crippen LogP contribution >= 0.6 is 11.6 Å². The highest BCUT2D eigenvalue weighted by molar-refractivity contribution is 7.92. The lowest BCUT2D eigenvalue weighted by atomic mass is 10.1. The number of benzene rings is 3. The van der Waals surface area contributed by atoms with Crippen LogP contribution in [0.25, 0.3) is 0 Å². The number of nitrogens with zero attached hydrogens (tertiary/aromatic N) is 2. The summed E-state index contributed by atoms with van der Waals surface area (Å²) in [5, 5.41) is 3.29. The molecule has 0 heterocycles. The molecule has 0 saturated carbocycles. The van der Waals surface area contributed by atoms with E-state index in [1.165, 1.54) is 17.0 Å². The van der Waals surface area contributed by atoms with Crippen molar-refractivity contribution < 1.29 is 18.0 Å². The molecule has 0 aliphatic heterocycles. The second-order valence-corrected chi connectivity index (χ2v) is 11.5. The summed E-state index contributed by atoms with van der Waals surface area (Å²) < 4.78 is 28.7. The van der Waals surface area contributed by atoms with E-state index in [1.807, 2.05) is 38.1 Å². The fourth-order valence-electron chi connectivity index (χ4n) is 4.00. The predicted octanol–water partition coefficient (Wildman–Crippen LogP) is 5.10. The molecule has 0 radical (unpaired) electrons. The van der Waals surface area contributed by atoms with Gasteiger partial charge in [0.2, 0.25) is 11.8 Å². The lowest BCUT2D eigenvalue weighted by molar-refractivity contribution is -0.139. The molecule has 9 heteroatoms. The van der Waals surface area contributed by atoms with Crippen LogP contribution in [0.1, 0.15) is 37.0 Å². The van der Waals surface area contributed by atoms with Crippen LogP contribution in [-0.4, -0.2) is 44.3 Å². The molecular formula is C29H34ClN3O4S. The Balaban J connectivity index is 2.03. The molecule has 38 heavy (non-hydrogen) atoms. The number of halogens is 1. The van der Waals surface area contributed by atoms with Gasteiger partial charge in [0.1, 0.15) is 12.6 Å². The Morgan fingerprint density at radius 3 is 2.24 bits per heavy atom. The van der Waals surface area contributed by atoms with Gasteiger partial charge in [-0.15, -0.1) is 0 Å². The number of sulfonamides is 1. The normalized spacial score (nSPS) is 12.0. The van der Waals surface area contributed by atoms with Crippen LogP contribution in [0.2, 0.25) is 5.02 Å². The van der Waals surface area contributed by atoms with Crippen molar-refractivity contribution in [2.24, 2.45) is 0 Å². The molecular weight excluding hydrogens is 522 g/mol. The molecule has 0 aromatic heterocycles. The molecule has 1 N–H and O–H groups in total. The lowest BCUT2D eigenvalue weighted by Crippen LogP contribution is -2.51. The summed E-state index contributed by atoms with van der Waals surface area (Å²) in [4.78, 5) is 28.3. The van der Waals surface area contributed by atoms with Gasteiger partial charge in [-0.3, -0.25) is 13.9 Å². The van der Waals surface area contributed by atoms with Crippen LogP contribution in [0, 0.1) is 13.8 Å². The Kier molecular flexibility index (Phi) is 9.94. The van der Waals surface area contributed by atoms with Crippen LogP contribution in [0.4, 0.5) is 5.69 Å². The van der Waals surface area contributed by atoms with E-state index >= 15 is 0 Å². The highest BCUT2D eigenvalue weighted by atomic mass is 35.5. The highest BCUT2D eigenvalue weighted by Gasteiger charge is 2.33. The molecule has 0 spiro atoms. The maximum atomic E-state index is 13.9. The first-order valence-corrected chi connectivity index (χ1v) is 14.3. The average Bonchev–Trinajstić information content (AvgIpc) is 2.90. The van der Waals surface area contributed by atoms with Gasteiger partial charge in [0, 0.05) is 18.1 Å². The third kappa shape index (κ3) is 7.14. The summed E-state index contributed by atoms with van der Waals surface area (Å²) in [5.74, 6) is -0.800. The average molecular weight is 556 g/mol. The van der Waals surface area contributed by atoms with E-state index < -0.39 is 28.5 Å². The number of aryl methyl sites for hydroxylation is 2. The second-order valence-electron chi connectivity index (χ2n) is 9.23. The number of rotatable bonds is 11. The molecule has 202 valence electrons. The number of anilines is 1. The molecule has 3 aromatic carbocycles. The molecule has 3 aromatic rings. The second kappa shape index (κ2) is 12.9. The van der Waals surface area contributed by atoms with Gasteiger partial charge in [0.15, 0.2) is 0 Å². The maximum Gasteiger partial charge on any atom is 0.264 e. The van der Waals surface area contributed by atoms with Gasteiger partial charge < -0.3 is 10.2 Å². The Labute approximate surface area is 230 Å². The zero-order chi connectivity index (χ0) is 27.9. The Bertz CT molecular complexity index is 1360. The number of carbonyl (C=O) groups is 2. The van der Waals surface area contributed by atoms with Gasteiger partial charge in [0.05, 0.1) is 10.6 Å². The standard InChI is InChI=1S/C29H34ClN3O4S/c1-5-17-31-29(35)23(4)32(19-24-13-11-21(2)12-14-24)28(34)20-33(27-16-15-25(30)18-22(27)3)38(36,37)26-9-7-6-8-10-26/h6-16,18,23H,5,17,19-20H2,1-4H3,(H,31,35)/t23-/m1/s1. The molecule has 0 saturated heterocycles. The summed E-state index contributed by atoms with van der Waals surface area (Å²) in [6, 6.07) is 19.6. The molecule has 0 unspecified atom stereocenters. The van der Waals surface area contributed by atoms with Crippen molar-refractivity contribution in [1.29, 1.82) is 0 Å². The predicted molar refractivity (Wildman–Crippen MR) is 152 cm³/mol. The maximum absolute atomic E-state index is 13.9. The Hall–Kier alpha value is -3.36. The summed E-state index contributed by atoms with van der Waals surface area (Å²) in [5.41, 5.74) is 2.84. The van der Waals surface area contributed by atoms with Crippen LogP contribution in [-0.2, 0) is 26.2 Å². The van der Waals surface area contributed by atoms with Crippen LogP contribution < -0.4 is 9.62 Å². The van der Waals surface area contributed by atoms with Crippen molar-refractivity contribution in [1.82, 2.24) is 10.2 Å². The van der Waals surface area contributed by atoms with E-state index in [0.717, 1.165) is 21.9 Å². The van der Waals surface area contributed by atoms with Crippen LogP contribution in [0.3, 0.4) is 0 Å². The van der Waals surface area contributed by atoms with Crippen molar-refractivity contribution in [3.63, 3.8) is 0 Å².